The summed E-state index contributed by atoms with van der Waals surface area (Å²) in [4.78, 5) is 11.5. The Kier molecular flexibility index (Phi) is 9.26. The molecule has 1 heterocycles. The number of carbonyl (C=O) groups is 1. The lowest BCUT2D eigenvalue weighted by molar-refractivity contribution is -0.329. The van der Waals surface area contributed by atoms with Gasteiger partial charge in [0.2, 0.25) is 0 Å². The van der Waals surface area contributed by atoms with Gasteiger partial charge in [-0.15, -0.1) is 0 Å². The predicted molar refractivity (Wildman–Crippen MR) is 82.6 cm³/mol. The van der Waals surface area contributed by atoms with Crippen LogP contribution in [0.2, 0.25) is 0 Å². The topological polar surface area (TPSA) is 198 Å². The van der Waals surface area contributed by atoms with Crippen molar-refractivity contribution in [1.82, 2.24) is 5.32 Å². The molecule has 1 aliphatic rings. The number of ether oxygens (including phenoxy) is 3. The maximum Gasteiger partial charge on any atom is 0.251 e. The zero-order chi connectivity index (χ0) is 20.0. The highest BCUT2D eigenvalue weighted by Crippen LogP contribution is 2.26. The molecule has 0 bridgehead atoms. The Morgan fingerprint density at radius 2 is 1.81 bits per heavy atom. The summed E-state index contributed by atoms with van der Waals surface area (Å²) in [5.74, 6) is -0.978. The molecular weight excluding hydrogens is 358 g/mol. The molecule has 0 saturated carbocycles. The molecule has 0 aliphatic carbocycles. The zero-order valence-electron chi connectivity index (χ0n) is 14.4. The fraction of sp³-hybridized carbons (Fsp3) is 0.929. The second-order valence-corrected chi connectivity index (χ2v) is 5.81. The Morgan fingerprint density at radius 3 is 2.27 bits per heavy atom. The summed E-state index contributed by atoms with van der Waals surface area (Å²) >= 11 is 0. The molecule has 0 radical (unpaired) electrons. The van der Waals surface area contributed by atoms with Crippen molar-refractivity contribution in [3.05, 3.63) is 0 Å². The van der Waals surface area contributed by atoms with Crippen LogP contribution in [0.1, 0.15) is 0 Å². The highest BCUT2D eigenvalue weighted by Gasteiger charge is 2.48. The molecule has 154 valence electrons. The quantitative estimate of drug-likeness (QED) is 0.188. The molecule has 1 saturated heterocycles. The van der Waals surface area contributed by atoms with Crippen molar-refractivity contribution < 1.29 is 54.8 Å². The van der Waals surface area contributed by atoms with E-state index < -0.39 is 74.2 Å². The van der Waals surface area contributed by atoms with Gasteiger partial charge in [0.05, 0.1) is 13.2 Å². The second-order valence-electron chi connectivity index (χ2n) is 5.81. The first-order chi connectivity index (χ1) is 12.2. The summed E-state index contributed by atoms with van der Waals surface area (Å²) in [7, 11) is 2.44. The molecule has 12 heteroatoms. The summed E-state index contributed by atoms with van der Waals surface area (Å²) in [5.41, 5.74) is 0. The number of amides is 1. The third-order valence-electron chi connectivity index (χ3n) is 4.13. The lowest BCUT2D eigenvalue weighted by Gasteiger charge is -2.43. The number of hydrogen-bond acceptors (Lipinski definition) is 11. The minimum atomic E-state index is -2.02. The van der Waals surface area contributed by atoms with E-state index in [9.17, 15) is 35.4 Å². The van der Waals surface area contributed by atoms with Crippen molar-refractivity contribution in [2.75, 3.05) is 27.4 Å². The Morgan fingerprint density at radius 1 is 1.19 bits per heavy atom. The van der Waals surface area contributed by atoms with Gasteiger partial charge in [-0.05, 0) is 0 Å². The molecular formula is C14H27NO11. The standard InChI is InChI=1S/C14H27NO11/c1-15-13(23)9(21)7(19)11(5(18)3-16)26-14-10(22)8(20)12(24-2)6(4-17)25-14/h5-12,14,16-22H,3-4H2,1-2H3,(H,15,23)/t5-,6-,7-,8-,9-,10-,11-,12+,14+/m0/s1. The number of methoxy groups -OCH3 is 1. The number of aliphatic hydroxyl groups is 7. The van der Waals surface area contributed by atoms with Crippen LogP contribution < -0.4 is 5.32 Å². The van der Waals surface area contributed by atoms with Crippen molar-refractivity contribution in [3.8, 4) is 0 Å². The fourth-order valence-electron chi connectivity index (χ4n) is 2.60. The summed E-state index contributed by atoms with van der Waals surface area (Å²) in [6, 6.07) is 0. The van der Waals surface area contributed by atoms with Crippen LogP contribution in [0, 0.1) is 0 Å². The molecule has 9 atom stereocenters. The van der Waals surface area contributed by atoms with Gasteiger partial charge < -0.3 is 55.3 Å². The molecule has 1 fully saturated rings. The second kappa shape index (κ2) is 10.4. The lowest BCUT2D eigenvalue weighted by atomic mass is 9.98. The molecule has 1 rings (SSSR count). The third kappa shape index (κ3) is 5.07. The number of nitrogens with one attached hydrogen (secondary N) is 1. The first-order valence-electron chi connectivity index (χ1n) is 7.90. The van der Waals surface area contributed by atoms with E-state index in [0.717, 1.165) is 0 Å². The molecule has 8 N–H and O–H groups in total. The first-order valence-corrected chi connectivity index (χ1v) is 7.90. The van der Waals surface area contributed by atoms with Crippen LogP contribution in [0.5, 0.6) is 0 Å². The number of aliphatic hydroxyl groups excluding tert-OH is 7. The SMILES string of the molecule is CNC(=O)[C@@H](O)[C@H](O)[C@@H](O[C@H]1O[C@@H](CO)[C@@H](OC)[C@@H](O)[C@@H]1O)[C@@H](O)CO. The van der Waals surface area contributed by atoms with Crippen LogP contribution in [0.4, 0.5) is 0 Å². The van der Waals surface area contributed by atoms with Crippen LogP contribution in [0.25, 0.3) is 0 Å². The van der Waals surface area contributed by atoms with Crippen LogP contribution in [0.3, 0.4) is 0 Å². The predicted octanol–water partition coefficient (Wildman–Crippen LogP) is -5.35. The molecule has 0 aromatic heterocycles. The zero-order valence-corrected chi connectivity index (χ0v) is 14.4. The Bertz CT molecular complexity index is 437. The Hall–Kier alpha value is -0.930. The van der Waals surface area contributed by atoms with Gasteiger partial charge in [0.15, 0.2) is 12.4 Å². The summed E-state index contributed by atoms with van der Waals surface area (Å²) in [6.07, 6.45) is -14.6. The van der Waals surface area contributed by atoms with Crippen molar-refractivity contribution >= 4 is 5.91 Å². The van der Waals surface area contributed by atoms with Crippen LogP contribution in [-0.4, -0.2) is 124 Å². The van der Waals surface area contributed by atoms with Gasteiger partial charge in [-0.1, -0.05) is 0 Å². The molecule has 0 aromatic rings. The smallest absolute Gasteiger partial charge is 0.251 e. The van der Waals surface area contributed by atoms with E-state index in [4.69, 9.17) is 19.3 Å². The van der Waals surface area contributed by atoms with Gasteiger partial charge >= 0.3 is 0 Å². The van der Waals surface area contributed by atoms with E-state index in [1.165, 1.54) is 14.2 Å². The number of carbonyl (C=O) groups excluding carboxylic acids is 1. The molecule has 0 unspecified atom stereocenters. The van der Waals surface area contributed by atoms with E-state index in [0.29, 0.717) is 0 Å². The highest BCUT2D eigenvalue weighted by atomic mass is 16.7. The van der Waals surface area contributed by atoms with Crippen molar-refractivity contribution in [2.45, 2.75) is 55.1 Å². The minimum Gasteiger partial charge on any atom is -0.394 e. The van der Waals surface area contributed by atoms with E-state index in [2.05, 4.69) is 5.32 Å². The van der Waals surface area contributed by atoms with E-state index in [-0.39, 0.29) is 0 Å². The van der Waals surface area contributed by atoms with E-state index in [1.54, 1.807) is 0 Å². The first kappa shape index (κ1) is 23.1. The molecule has 26 heavy (non-hydrogen) atoms. The van der Waals surface area contributed by atoms with Gasteiger partial charge in [0.1, 0.15) is 42.7 Å². The summed E-state index contributed by atoms with van der Waals surface area (Å²) in [6.45, 7) is -1.50. The largest absolute Gasteiger partial charge is 0.394 e. The third-order valence-corrected chi connectivity index (χ3v) is 4.13. The van der Waals surface area contributed by atoms with Crippen molar-refractivity contribution in [2.24, 2.45) is 0 Å². The number of likely N-dealkylation sites (N-methyl/N-ethyl adjacent to an activating group) is 1. The normalized spacial score (nSPS) is 34.0. The number of hydrogen-bond donors (Lipinski definition) is 8. The highest BCUT2D eigenvalue weighted by molar-refractivity contribution is 5.80. The average Bonchev–Trinajstić information content (AvgIpc) is 2.66. The average molecular weight is 385 g/mol. The molecule has 0 aromatic carbocycles. The van der Waals surface area contributed by atoms with Crippen molar-refractivity contribution in [1.29, 1.82) is 0 Å². The number of rotatable bonds is 9. The summed E-state index contributed by atoms with van der Waals surface area (Å²) in [5, 5.41) is 70.4. The molecule has 0 spiro atoms. The Labute approximate surface area is 149 Å². The van der Waals surface area contributed by atoms with Crippen LogP contribution in [0.15, 0.2) is 0 Å². The Balaban J connectivity index is 2.98. The molecule has 12 nitrogen and oxygen atoms in total. The van der Waals surface area contributed by atoms with Gasteiger partial charge in [0.25, 0.3) is 5.91 Å². The van der Waals surface area contributed by atoms with Gasteiger partial charge in [0, 0.05) is 14.2 Å². The lowest BCUT2D eigenvalue weighted by Crippen LogP contribution is -2.62. The van der Waals surface area contributed by atoms with Gasteiger partial charge in [-0.3, -0.25) is 4.79 Å². The van der Waals surface area contributed by atoms with Gasteiger partial charge in [-0.25, -0.2) is 0 Å². The van der Waals surface area contributed by atoms with Crippen LogP contribution >= 0.6 is 0 Å². The van der Waals surface area contributed by atoms with E-state index in [1.807, 2.05) is 0 Å². The van der Waals surface area contributed by atoms with Crippen molar-refractivity contribution in [3.63, 3.8) is 0 Å². The fourth-order valence-corrected chi connectivity index (χ4v) is 2.60. The minimum absolute atomic E-state index is 0.598. The molecule has 1 amide bonds. The maximum absolute atomic E-state index is 11.5. The van der Waals surface area contributed by atoms with Gasteiger partial charge in [-0.2, -0.15) is 0 Å². The monoisotopic (exact) mass is 385 g/mol. The molecule has 1 aliphatic heterocycles. The van der Waals surface area contributed by atoms with Crippen LogP contribution in [-0.2, 0) is 19.0 Å². The summed E-state index contributed by atoms with van der Waals surface area (Å²) < 4.78 is 15.4. The van der Waals surface area contributed by atoms with E-state index >= 15 is 0 Å². The maximum atomic E-state index is 11.5.